The van der Waals surface area contributed by atoms with Gasteiger partial charge in [0.15, 0.2) is 0 Å². The molecular weight excluding hydrogens is 238 g/mol. The molecule has 0 aromatic carbocycles. The van der Waals surface area contributed by atoms with Gasteiger partial charge in [-0.05, 0) is 55.1 Å². The molecule has 2 bridgehead atoms. The molecule has 100 valence electrons. The van der Waals surface area contributed by atoms with E-state index in [1.54, 1.807) is 6.20 Å². The van der Waals surface area contributed by atoms with Gasteiger partial charge in [-0.15, -0.1) is 0 Å². The van der Waals surface area contributed by atoms with Crippen molar-refractivity contribution in [2.75, 3.05) is 17.7 Å². The number of nitrogens with one attached hydrogen (secondary N) is 2. The Morgan fingerprint density at radius 3 is 2.58 bits per heavy atom. The lowest BCUT2D eigenvalue weighted by atomic mass is 10.0. The summed E-state index contributed by atoms with van der Waals surface area (Å²) in [6, 6.07) is 3.79. The molecule has 0 radical (unpaired) electrons. The molecule has 3 saturated carbocycles. The van der Waals surface area contributed by atoms with Crippen LogP contribution in [0.15, 0.2) is 18.3 Å². The highest BCUT2D eigenvalue weighted by Gasteiger charge is 2.67. The highest BCUT2D eigenvalue weighted by atomic mass is 16.2. The lowest BCUT2D eigenvalue weighted by Crippen LogP contribution is -2.18. The van der Waals surface area contributed by atoms with E-state index in [0.29, 0.717) is 11.8 Å². The number of amides is 1. The molecule has 0 spiro atoms. The van der Waals surface area contributed by atoms with Gasteiger partial charge in [-0.1, -0.05) is 0 Å². The molecule has 2 N–H and O–H groups in total. The van der Waals surface area contributed by atoms with Crippen LogP contribution in [0, 0.1) is 29.6 Å². The summed E-state index contributed by atoms with van der Waals surface area (Å²) in [6.45, 7) is 0. The molecule has 0 saturated heterocycles. The minimum absolute atomic E-state index is 0.214. The SMILES string of the molecule is CNc1ccc(NC(=O)C2C3C4CCC(C4)C23)cn1. The van der Waals surface area contributed by atoms with Crippen LogP contribution in [0.2, 0.25) is 0 Å². The topological polar surface area (TPSA) is 54.0 Å². The lowest BCUT2D eigenvalue weighted by molar-refractivity contribution is -0.118. The summed E-state index contributed by atoms with van der Waals surface area (Å²) in [5.74, 6) is 4.40. The third-order valence-corrected chi connectivity index (χ3v) is 5.33. The first-order valence-corrected chi connectivity index (χ1v) is 7.22. The van der Waals surface area contributed by atoms with Gasteiger partial charge in [0.25, 0.3) is 0 Å². The minimum atomic E-state index is 0.214. The number of carbonyl (C=O) groups is 1. The molecule has 4 heteroatoms. The fraction of sp³-hybridized carbons (Fsp3) is 0.600. The second-order valence-corrected chi connectivity index (χ2v) is 6.19. The zero-order chi connectivity index (χ0) is 13.0. The van der Waals surface area contributed by atoms with Gasteiger partial charge in [0.05, 0.1) is 11.9 Å². The number of nitrogens with zero attached hydrogens (tertiary/aromatic N) is 1. The van der Waals surface area contributed by atoms with Crippen LogP contribution in [0.4, 0.5) is 11.5 Å². The Kier molecular flexibility index (Phi) is 2.34. The first kappa shape index (κ1) is 11.3. The van der Waals surface area contributed by atoms with E-state index in [9.17, 15) is 4.79 Å². The second kappa shape index (κ2) is 3.95. The van der Waals surface area contributed by atoms with Gasteiger partial charge in [0.2, 0.25) is 5.91 Å². The summed E-state index contributed by atoms with van der Waals surface area (Å²) in [5.41, 5.74) is 0.807. The largest absolute Gasteiger partial charge is 0.373 e. The van der Waals surface area contributed by atoms with Gasteiger partial charge in [0, 0.05) is 13.0 Å². The Morgan fingerprint density at radius 2 is 2.00 bits per heavy atom. The molecule has 4 atom stereocenters. The van der Waals surface area contributed by atoms with E-state index in [4.69, 9.17) is 0 Å². The molecule has 1 aromatic rings. The van der Waals surface area contributed by atoms with Gasteiger partial charge < -0.3 is 10.6 Å². The summed E-state index contributed by atoms with van der Waals surface area (Å²) in [4.78, 5) is 16.5. The van der Waals surface area contributed by atoms with Crippen molar-refractivity contribution in [3.63, 3.8) is 0 Å². The van der Waals surface area contributed by atoms with Crippen molar-refractivity contribution in [2.45, 2.75) is 19.3 Å². The van der Waals surface area contributed by atoms with Crippen molar-refractivity contribution in [3.05, 3.63) is 18.3 Å². The number of hydrogen-bond acceptors (Lipinski definition) is 3. The summed E-state index contributed by atoms with van der Waals surface area (Å²) >= 11 is 0. The lowest BCUT2D eigenvalue weighted by Gasteiger charge is -2.09. The Bertz CT molecular complexity index is 497. The predicted octanol–water partition coefficient (Wildman–Crippen LogP) is 2.35. The van der Waals surface area contributed by atoms with Crippen molar-refractivity contribution in [1.29, 1.82) is 0 Å². The smallest absolute Gasteiger partial charge is 0.228 e. The number of hydrogen-bond donors (Lipinski definition) is 2. The molecular formula is C15H19N3O. The highest BCUT2D eigenvalue weighted by Crippen LogP contribution is 2.69. The maximum Gasteiger partial charge on any atom is 0.228 e. The molecule has 3 aliphatic carbocycles. The summed E-state index contributed by atoms with van der Waals surface area (Å²) in [7, 11) is 1.84. The van der Waals surface area contributed by atoms with Crippen LogP contribution >= 0.6 is 0 Å². The van der Waals surface area contributed by atoms with Gasteiger partial charge >= 0.3 is 0 Å². The fourth-order valence-electron chi connectivity index (χ4n) is 4.52. The Morgan fingerprint density at radius 1 is 1.26 bits per heavy atom. The van der Waals surface area contributed by atoms with E-state index < -0.39 is 0 Å². The number of carbonyl (C=O) groups excluding carboxylic acids is 1. The highest BCUT2D eigenvalue weighted by molar-refractivity contribution is 5.95. The van der Waals surface area contributed by atoms with E-state index in [2.05, 4.69) is 15.6 Å². The standard InChI is InChI=1S/C15H19N3O/c1-16-11-5-4-10(7-17-11)18-15(19)14-12-8-2-3-9(6-8)13(12)14/h4-5,7-9,12-14H,2-3,6H2,1H3,(H,16,17)(H,18,19). The van der Waals surface area contributed by atoms with Gasteiger partial charge in [-0.25, -0.2) is 4.98 Å². The van der Waals surface area contributed by atoms with Crippen LogP contribution < -0.4 is 10.6 Å². The van der Waals surface area contributed by atoms with Crippen molar-refractivity contribution >= 4 is 17.4 Å². The molecule has 4 unspecified atom stereocenters. The molecule has 1 aromatic heterocycles. The van der Waals surface area contributed by atoms with E-state index in [1.807, 2.05) is 19.2 Å². The number of anilines is 2. The minimum Gasteiger partial charge on any atom is -0.373 e. The zero-order valence-electron chi connectivity index (χ0n) is 11.1. The van der Waals surface area contributed by atoms with Crippen LogP contribution in [-0.4, -0.2) is 17.9 Å². The molecule has 1 amide bonds. The summed E-state index contributed by atoms with van der Waals surface area (Å²) in [6.07, 6.45) is 5.82. The maximum atomic E-state index is 12.3. The van der Waals surface area contributed by atoms with Crippen molar-refractivity contribution in [3.8, 4) is 0 Å². The Labute approximate surface area is 113 Å². The van der Waals surface area contributed by atoms with Crippen molar-refractivity contribution < 1.29 is 4.79 Å². The molecule has 3 aliphatic rings. The Hall–Kier alpha value is -1.58. The molecule has 1 heterocycles. The van der Waals surface area contributed by atoms with Gasteiger partial charge in [-0.3, -0.25) is 4.79 Å². The molecule has 4 nitrogen and oxygen atoms in total. The van der Waals surface area contributed by atoms with Crippen LogP contribution in [-0.2, 0) is 4.79 Å². The van der Waals surface area contributed by atoms with Crippen molar-refractivity contribution in [1.82, 2.24) is 4.98 Å². The second-order valence-electron chi connectivity index (χ2n) is 6.19. The monoisotopic (exact) mass is 257 g/mol. The fourth-order valence-corrected chi connectivity index (χ4v) is 4.52. The average molecular weight is 257 g/mol. The van der Waals surface area contributed by atoms with E-state index in [0.717, 1.165) is 23.3 Å². The number of aromatic nitrogens is 1. The Balaban J connectivity index is 1.42. The van der Waals surface area contributed by atoms with Crippen LogP contribution in [0.3, 0.4) is 0 Å². The predicted molar refractivity (Wildman–Crippen MR) is 73.7 cm³/mol. The van der Waals surface area contributed by atoms with Crippen LogP contribution in [0.25, 0.3) is 0 Å². The molecule has 0 aliphatic heterocycles. The van der Waals surface area contributed by atoms with Gasteiger partial charge in [0.1, 0.15) is 5.82 Å². The van der Waals surface area contributed by atoms with E-state index in [-0.39, 0.29) is 11.8 Å². The molecule has 4 rings (SSSR count). The third-order valence-electron chi connectivity index (χ3n) is 5.33. The van der Waals surface area contributed by atoms with E-state index in [1.165, 1.54) is 19.3 Å². The van der Waals surface area contributed by atoms with Crippen LogP contribution in [0.5, 0.6) is 0 Å². The van der Waals surface area contributed by atoms with Crippen molar-refractivity contribution in [2.24, 2.45) is 29.6 Å². The normalized spacial score (nSPS) is 37.8. The van der Waals surface area contributed by atoms with Gasteiger partial charge in [-0.2, -0.15) is 0 Å². The summed E-state index contributed by atoms with van der Waals surface area (Å²) in [5, 5.41) is 5.99. The quantitative estimate of drug-likeness (QED) is 0.874. The number of fused-ring (bicyclic) bond motifs is 5. The average Bonchev–Trinajstić information content (AvgIpc) is 2.89. The van der Waals surface area contributed by atoms with Crippen LogP contribution in [0.1, 0.15) is 19.3 Å². The van der Waals surface area contributed by atoms with E-state index >= 15 is 0 Å². The molecule has 3 fully saturated rings. The number of pyridine rings is 1. The third kappa shape index (κ3) is 1.66. The summed E-state index contributed by atoms with van der Waals surface area (Å²) < 4.78 is 0. The zero-order valence-corrected chi connectivity index (χ0v) is 11.1. The molecule has 19 heavy (non-hydrogen) atoms. The number of rotatable bonds is 3. The first-order valence-electron chi connectivity index (χ1n) is 7.22. The first-order chi connectivity index (χ1) is 9.28. The maximum absolute atomic E-state index is 12.3.